The number of hydrogen-bond acceptors (Lipinski definition) is 3. The molecule has 0 fully saturated rings. The number of hydrogen-bond donors (Lipinski definition) is 3. The SMILES string of the molecule is CNC1CC=C(c2c[nH]c3ccc(N=C(N)c4cccs4)cc23)CC1.Cl. The molecule has 2 aromatic heterocycles. The van der Waals surface area contributed by atoms with Crippen LogP contribution in [0.1, 0.15) is 29.7 Å². The van der Waals surface area contributed by atoms with Crippen LogP contribution in [0, 0.1) is 0 Å². The highest BCUT2D eigenvalue weighted by Crippen LogP contribution is 2.33. The van der Waals surface area contributed by atoms with Crippen LogP contribution in [0.3, 0.4) is 0 Å². The van der Waals surface area contributed by atoms with Crippen molar-refractivity contribution >= 4 is 51.7 Å². The van der Waals surface area contributed by atoms with Crippen molar-refractivity contribution in [3.63, 3.8) is 0 Å². The monoisotopic (exact) mass is 386 g/mol. The Bertz CT molecular complexity index is 940. The normalized spacial score (nSPS) is 17.8. The molecule has 4 rings (SSSR count). The number of fused-ring (bicyclic) bond motifs is 1. The summed E-state index contributed by atoms with van der Waals surface area (Å²) in [7, 11) is 2.04. The maximum atomic E-state index is 6.14. The number of halogens is 1. The van der Waals surface area contributed by atoms with E-state index < -0.39 is 0 Å². The molecule has 1 aromatic carbocycles. The van der Waals surface area contributed by atoms with Crippen LogP contribution in [0.25, 0.3) is 16.5 Å². The first-order chi connectivity index (χ1) is 12.2. The van der Waals surface area contributed by atoms with Crippen LogP contribution >= 0.6 is 23.7 Å². The molecular weight excluding hydrogens is 364 g/mol. The fourth-order valence-electron chi connectivity index (χ4n) is 3.40. The average molecular weight is 387 g/mol. The number of aromatic amines is 1. The Kier molecular flexibility index (Phi) is 5.81. The predicted octanol–water partition coefficient (Wildman–Crippen LogP) is 4.84. The van der Waals surface area contributed by atoms with Crippen LogP contribution < -0.4 is 11.1 Å². The fraction of sp³-hybridized carbons (Fsp3) is 0.250. The number of amidine groups is 1. The second-order valence-electron chi connectivity index (χ2n) is 6.40. The number of aromatic nitrogens is 1. The van der Waals surface area contributed by atoms with Crippen molar-refractivity contribution < 1.29 is 0 Å². The average Bonchev–Trinajstić information content (AvgIpc) is 3.31. The van der Waals surface area contributed by atoms with E-state index in [2.05, 4.69) is 39.7 Å². The molecule has 0 saturated heterocycles. The Hall–Kier alpha value is -2.08. The lowest BCUT2D eigenvalue weighted by Gasteiger charge is -2.21. The quantitative estimate of drug-likeness (QED) is 0.443. The van der Waals surface area contributed by atoms with Gasteiger partial charge in [0.15, 0.2) is 0 Å². The zero-order valence-corrected chi connectivity index (χ0v) is 16.3. The number of benzene rings is 1. The van der Waals surface area contributed by atoms with Crippen LogP contribution in [0.15, 0.2) is 53.0 Å². The molecule has 4 N–H and O–H groups in total. The first-order valence-electron chi connectivity index (χ1n) is 8.60. The Morgan fingerprint density at radius 3 is 2.92 bits per heavy atom. The van der Waals surface area contributed by atoms with Gasteiger partial charge in [0.2, 0.25) is 0 Å². The van der Waals surface area contributed by atoms with Crippen molar-refractivity contribution in [2.75, 3.05) is 7.05 Å². The van der Waals surface area contributed by atoms with Crippen molar-refractivity contribution in [1.82, 2.24) is 10.3 Å². The summed E-state index contributed by atoms with van der Waals surface area (Å²) in [6.45, 7) is 0. The fourth-order valence-corrected chi connectivity index (χ4v) is 4.03. The maximum Gasteiger partial charge on any atom is 0.141 e. The third kappa shape index (κ3) is 3.70. The van der Waals surface area contributed by atoms with Crippen LogP contribution in [0.2, 0.25) is 0 Å². The first kappa shape index (κ1) is 18.7. The molecule has 6 heteroatoms. The van der Waals surface area contributed by atoms with Gasteiger partial charge < -0.3 is 16.0 Å². The standard InChI is InChI=1S/C20H22N4S.ClH/c1-22-14-6-4-13(5-7-14)17-12-23-18-9-8-15(11-16(17)18)24-20(21)19-3-2-10-25-19;/h2-4,8-12,14,22-23H,5-7H2,1H3,(H2,21,24);1H. The van der Waals surface area contributed by atoms with Crippen molar-refractivity contribution in [3.05, 3.63) is 58.4 Å². The molecule has 3 aromatic rings. The Labute approximate surface area is 163 Å². The number of nitrogens with one attached hydrogen (secondary N) is 2. The molecule has 1 aliphatic rings. The molecule has 0 amide bonds. The van der Waals surface area contributed by atoms with Gasteiger partial charge in [0.05, 0.1) is 10.6 Å². The summed E-state index contributed by atoms with van der Waals surface area (Å²) < 4.78 is 0. The van der Waals surface area contributed by atoms with E-state index in [1.807, 2.05) is 30.6 Å². The lowest BCUT2D eigenvalue weighted by atomic mass is 9.90. The summed E-state index contributed by atoms with van der Waals surface area (Å²) in [6.07, 6.45) is 7.85. The number of aliphatic imine (C=N–C) groups is 1. The van der Waals surface area contributed by atoms with Gasteiger partial charge in [-0.1, -0.05) is 12.1 Å². The van der Waals surface area contributed by atoms with Crippen LogP contribution in [-0.4, -0.2) is 23.9 Å². The molecule has 0 bridgehead atoms. The van der Waals surface area contributed by atoms with E-state index in [0.717, 1.165) is 28.9 Å². The van der Waals surface area contributed by atoms with E-state index in [0.29, 0.717) is 11.9 Å². The smallest absolute Gasteiger partial charge is 0.141 e. The molecule has 1 aliphatic carbocycles. The third-order valence-corrected chi connectivity index (χ3v) is 5.75. The maximum absolute atomic E-state index is 6.14. The molecule has 136 valence electrons. The highest BCUT2D eigenvalue weighted by Gasteiger charge is 2.16. The van der Waals surface area contributed by atoms with Gasteiger partial charge in [0.25, 0.3) is 0 Å². The largest absolute Gasteiger partial charge is 0.383 e. The number of thiophene rings is 1. The highest BCUT2D eigenvalue weighted by molar-refractivity contribution is 7.12. The van der Waals surface area contributed by atoms with Gasteiger partial charge in [-0.3, -0.25) is 0 Å². The van der Waals surface area contributed by atoms with E-state index in [9.17, 15) is 0 Å². The minimum Gasteiger partial charge on any atom is -0.383 e. The summed E-state index contributed by atoms with van der Waals surface area (Å²) in [5, 5.41) is 6.60. The number of rotatable bonds is 4. The van der Waals surface area contributed by atoms with Gasteiger partial charge in [-0.2, -0.15) is 0 Å². The number of H-pyrrole nitrogens is 1. The minimum atomic E-state index is 0. The number of nitrogens with zero attached hydrogens (tertiary/aromatic N) is 1. The van der Waals surface area contributed by atoms with E-state index >= 15 is 0 Å². The Balaban J connectivity index is 0.00000196. The molecule has 1 atom stereocenters. The van der Waals surface area contributed by atoms with Gasteiger partial charge in [0, 0.05) is 28.7 Å². The van der Waals surface area contributed by atoms with Gasteiger partial charge in [0.1, 0.15) is 5.84 Å². The van der Waals surface area contributed by atoms with E-state index in [1.165, 1.54) is 22.9 Å². The van der Waals surface area contributed by atoms with Crippen LogP contribution in [0.4, 0.5) is 5.69 Å². The van der Waals surface area contributed by atoms with Crippen molar-refractivity contribution in [2.45, 2.75) is 25.3 Å². The molecule has 2 heterocycles. The lowest BCUT2D eigenvalue weighted by Crippen LogP contribution is -2.26. The van der Waals surface area contributed by atoms with Crippen molar-refractivity contribution in [1.29, 1.82) is 0 Å². The Morgan fingerprint density at radius 2 is 2.23 bits per heavy atom. The van der Waals surface area contributed by atoms with E-state index in [-0.39, 0.29) is 12.4 Å². The summed E-state index contributed by atoms with van der Waals surface area (Å²) in [5.74, 6) is 0.570. The summed E-state index contributed by atoms with van der Waals surface area (Å²) in [5.41, 5.74) is 10.9. The predicted molar refractivity (Wildman–Crippen MR) is 115 cm³/mol. The third-order valence-electron chi connectivity index (χ3n) is 4.85. The molecule has 4 nitrogen and oxygen atoms in total. The van der Waals surface area contributed by atoms with Gasteiger partial charge in [-0.05, 0) is 61.5 Å². The van der Waals surface area contributed by atoms with Crippen LogP contribution in [0.5, 0.6) is 0 Å². The summed E-state index contributed by atoms with van der Waals surface area (Å²) in [6, 6.07) is 10.8. The summed E-state index contributed by atoms with van der Waals surface area (Å²) in [4.78, 5) is 8.99. The number of allylic oxidation sites excluding steroid dienone is 1. The van der Waals surface area contributed by atoms with Crippen LogP contribution in [-0.2, 0) is 0 Å². The van der Waals surface area contributed by atoms with Gasteiger partial charge in [-0.15, -0.1) is 23.7 Å². The summed E-state index contributed by atoms with van der Waals surface area (Å²) >= 11 is 1.61. The minimum absolute atomic E-state index is 0. The van der Waals surface area contributed by atoms with Crippen molar-refractivity contribution in [2.24, 2.45) is 10.7 Å². The second kappa shape index (κ2) is 8.08. The zero-order chi connectivity index (χ0) is 17.2. The molecule has 0 saturated carbocycles. The van der Waals surface area contributed by atoms with E-state index in [4.69, 9.17) is 5.73 Å². The highest BCUT2D eigenvalue weighted by atomic mass is 35.5. The molecule has 1 unspecified atom stereocenters. The lowest BCUT2D eigenvalue weighted by molar-refractivity contribution is 0.523. The molecule has 0 spiro atoms. The second-order valence-corrected chi connectivity index (χ2v) is 7.34. The van der Waals surface area contributed by atoms with E-state index in [1.54, 1.807) is 11.3 Å². The van der Waals surface area contributed by atoms with Crippen molar-refractivity contribution in [3.8, 4) is 0 Å². The molecule has 0 radical (unpaired) electrons. The molecule has 26 heavy (non-hydrogen) atoms. The molecule has 0 aliphatic heterocycles. The first-order valence-corrected chi connectivity index (χ1v) is 9.48. The van der Waals surface area contributed by atoms with Gasteiger partial charge in [-0.25, -0.2) is 4.99 Å². The zero-order valence-electron chi connectivity index (χ0n) is 14.7. The Morgan fingerprint density at radius 1 is 1.35 bits per heavy atom. The topological polar surface area (TPSA) is 66.2 Å². The van der Waals surface area contributed by atoms with Gasteiger partial charge >= 0.3 is 0 Å². The molecular formula is C20H23ClN4S. The number of nitrogens with two attached hydrogens (primary N) is 1.